The number of hydrogen-bond acceptors (Lipinski definition) is 5. The molecule has 1 fully saturated rings. The Bertz CT molecular complexity index is 1110. The molecule has 0 aromatic heterocycles. The van der Waals surface area contributed by atoms with E-state index in [-0.39, 0.29) is 17.8 Å². The summed E-state index contributed by atoms with van der Waals surface area (Å²) < 4.78 is 25.4. The summed E-state index contributed by atoms with van der Waals surface area (Å²) in [5.74, 6) is -0.0914. The second-order valence-electron chi connectivity index (χ2n) is 12.1. The van der Waals surface area contributed by atoms with Gasteiger partial charge in [-0.15, -0.1) is 0 Å². The van der Waals surface area contributed by atoms with Crippen molar-refractivity contribution in [2.24, 2.45) is 5.92 Å². The van der Waals surface area contributed by atoms with E-state index in [9.17, 15) is 14.0 Å². The lowest BCUT2D eigenvalue weighted by atomic mass is 9.84. The van der Waals surface area contributed by atoms with Crippen LogP contribution >= 0.6 is 0 Å². The maximum absolute atomic E-state index is 13.8. The van der Waals surface area contributed by atoms with E-state index >= 15 is 0 Å². The van der Waals surface area contributed by atoms with Crippen molar-refractivity contribution in [3.8, 4) is 0 Å². The van der Waals surface area contributed by atoms with Crippen molar-refractivity contribution in [1.82, 2.24) is 10.6 Å². The molecule has 2 aliphatic rings. The highest BCUT2D eigenvalue weighted by molar-refractivity contribution is 5.86. The van der Waals surface area contributed by atoms with Crippen LogP contribution in [-0.2, 0) is 27.3 Å². The van der Waals surface area contributed by atoms with Crippen LogP contribution in [0.5, 0.6) is 0 Å². The zero-order valence-electron chi connectivity index (χ0n) is 24.1. The first kappa shape index (κ1) is 29.8. The quantitative estimate of drug-likeness (QED) is 0.370. The van der Waals surface area contributed by atoms with Gasteiger partial charge in [0.15, 0.2) is 0 Å². The van der Waals surface area contributed by atoms with E-state index in [0.29, 0.717) is 32.1 Å². The third kappa shape index (κ3) is 9.22. The number of hydrogen-bond donors (Lipinski definition) is 2. The first-order valence-corrected chi connectivity index (χ1v) is 14.6. The number of amides is 2. The van der Waals surface area contributed by atoms with Gasteiger partial charge in [-0.2, -0.15) is 0 Å². The van der Waals surface area contributed by atoms with Crippen LogP contribution in [0.4, 0.5) is 14.9 Å². The third-order valence-electron chi connectivity index (χ3n) is 7.55. The molecule has 1 saturated carbocycles. The predicted octanol–water partition coefficient (Wildman–Crippen LogP) is 5.75. The second kappa shape index (κ2) is 14.0. The smallest absolute Gasteiger partial charge is 0.408 e. The van der Waals surface area contributed by atoms with E-state index in [4.69, 9.17) is 9.47 Å². The van der Waals surface area contributed by atoms with Crippen molar-refractivity contribution in [2.45, 2.75) is 90.0 Å². The largest absolute Gasteiger partial charge is 0.444 e. The van der Waals surface area contributed by atoms with Gasteiger partial charge in [-0.1, -0.05) is 62.4 Å². The maximum atomic E-state index is 13.8. The van der Waals surface area contributed by atoms with Gasteiger partial charge in [0, 0.05) is 18.8 Å². The molecular weight excluding hydrogens is 509 g/mol. The summed E-state index contributed by atoms with van der Waals surface area (Å²) >= 11 is 0. The van der Waals surface area contributed by atoms with Crippen LogP contribution in [0.3, 0.4) is 0 Å². The third-order valence-corrected chi connectivity index (χ3v) is 7.55. The molecule has 7 nitrogen and oxygen atoms in total. The van der Waals surface area contributed by atoms with Gasteiger partial charge in [0.1, 0.15) is 17.5 Å². The molecule has 2 aromatic carbocycles. The maximum Gasteiger partial charge on any atom is 0.408 e. The Labute approximate surface area is 237 Å². The number of carbonyl (C=O) groups excluding carboxylic acids is 2. The minimum Gasteiger partial charge on any atom is -0.444 e. The number of anilines is 1. The van der Waals surface area contributed by atoms with Gasteiger partial charge < -0.3 is 25.0 Å². The zero-order chi connectivity index (χ0) is 28.5. The summed E-state index contributed by atoms with van der Waals surface area (Å²) in [6.07, 6.45) is 6.38. The summed E-state index contributed by atoms with van der Waals surface area (Å²) in [7, 11) is 0. The number of rotatable bonds is 11. The van der Waals surface area contributed by atoms with Gasteiger partial charge in [-0.05, 0) is 68.9 Å². The van der Waals surface area contributed by atoms with Crippen LogP contribution in [0.15, 0.2) is 48.5 Å². The van der Waals surface area contributed by atoms with Gasteiger partial charge in [-0.3, -0.25) is 4.79 Å². The number of nitrogens with zero attached hydrogens (tertiary/aromatic N) is 1. The molecule has 4 rings (SSSR count). The van der Waals surface area contributed by atoms with E-state index in [1.54, 1.807) is 12.1 Å². The average molecular weight is 554 g/mol. The summed E-state index contributed by atoms with van der Waals surface area (Å²) in [6.45, 7) is 7.41. The molecule has 0 bridgehead atoms. The number of ether oxygens (including phenoxy) is 2. The normalized spacial score (nSPS) is 17.1. The lowest BCUT2D eigenvalue weighted by molar-refractivity contribution is -0.124. The number of nitrogens with one attached hydrogen (secondary N) is 2. The molecule has 1 aliphatic heterocycles. The summed E-state index contributed by atoms with van der Waals surface area (Å²) in [6, 6.07) is 13.7. The van der Waals surface area contributed by atoms with Crippen molar-refractivity contribution in [3.63, 3.8) is 0 Å². The molecule has 40 heavy (non-hydrogen) atoms. The second-order valence-corrected chi connectivity index (χ2v) is 12.1. The zero-order valence-corrected chi connectivity index (χ0v) is 24.1. The molecule has 2 N–H and O–H groups in total. The van der Waals surface area contributed by atoms with E-state index in [2.05, 4.69) is 15.5 Å². The Morgan fingerprint density at radius 1 is 1.05 bits per heavy atom. The van der Waals surface area contributed by atoms with Crippen molar-refractivity contribution in [3.05, 3.63) is 65.5 Å². The fraction of sp³-hybridized carbons (Fsp3) is 0.562. The molecule has 2 atom stereocenters. The van der Waals surface area contributed by atoms with Crippen LogP contribution in [0.1, 0.15) is 70.4 Å². The molecule has 0 radical (unpaired) electrons. The van der Waals surface area contributed by atoms with Gasteiger partial charge in [0.25, 0.3) is 0 Å². The summed E-state index contributed by atoms with van der Waals surface area (Å²) in [5.41, 5.74) is 2.34. The Hall–Kier alpha value is -3.13. The SMILES string of the molecule is CC(C)(C)OC(=O)NC(CC1CCCCC1)C(=O)N[C@H](COCc1ccccc1)CN1CCc2cc(F)ccc21. The highest BCUT2D eigenvalue weighted by Crippen LogP contribution is 2.29. The molecule has 218 valence electrons. The first-order chi connectivity index (χ1) is 19.2. The van der Waals surface area contributed by atoms with Gasteiger partial charge >= 0.3 is 6.09 Å². The highest BCUT2D eigenvalue weighted by Gasteiger charge is 2.30. The molecular formula is C32H44FN3O4. The monoisotopic (exact) mass is 553 g/mol. The topological polar surface area (TPSA) is 79.9 Å². The summed E-state index contributed by atoms with van der Waals surface area (Å²) in [5, 5.41) is 6.03. The number of fused-ring (bicyclic) bond motifs is 1. The van der Waals surface area contributed by atoms with E-state index < -0.39 is 17.7 Å². The lowest BCUT2D eigenvalue weighted by Crippen LogP contribution is -2.54. The Morgan fingerprint density at radius 2 is 1.80 bits per heavy atom. The van der Waals surface area contributed by atoms with Crippen LogP contribution in [0.25, 0.3) is 0 Å². The van der Waals surface area contributed by atoms with Crippen LogP contribution < -0.4 is 15.5 Å². The van der Waals surface area contributed by atoms with E-state index in [1.807, 2.05) is 51.1 Å². The van der Waals surface area contributed by atoms with E-state index in [0.717, 1.165) is 55.5 Å². The van der Waals surface area contributed by atoms with Crippen molar-refractivity contribution >= 4 is 17.7 Å². The molecule has 2 aromatic rings. The predicted molar refractivity (Wildman–Crippen MR) is 155 cm³/mol. The minimum atomic E-state index is -0.700. The van der Waals surface area contributed by atoms with Crippen LogP contribution in [-0.4, -0.2) is 49.4 Å². The molecule has 1 heterocycles. The minimum absolute atomic E-state index is 0.233. The Kier molecular flexibility index (Phi) is 10.4. The standard InChI is InChI=1S/C32H44FN3O4/c1-32(2,3)40-31(38)35-28(18-23-10-6-4-7-11-23)30(37)34-27(22-39-21-24-12-8-5-9-13-24)20-36-17-16-25-19-26(33)14-15-29(25)36/h5,8-9,12-15,19,23,27-28H,4,6-7,10-11,16-18,20-22H2,1-3H3,(H,34,37)(H,35,38)/t27-,28?/m0/s1. The first-order valence-electron chi connectivity index (χ1n) is 14.6. The fourth-order valence-corrected chi connectivity index (χ4v) is 5.67. The Balaban J connectivity index is 1.46. The van der Waals surface area contributed by atoms with Crippen molar-refractivity contribution < 1.29 is 23.5 Å². The van der Waals surface area contributed by atoms with Crippen LogP contribution in [0.2, 0.25) is 0 Å². The molecule has 2 amide bonds. The fourth-order valence-electron chi connectivity index (χ4n) is 5.67. The van der Waals surface area contributed by atoms with Gasteiger partial charge in [0.2, 0.25) is 5.91 Å². The Morgan fingerprint density at radius 3 is 2.52 bits per heavy atom. The van der Waals surface area contributed by atoms with Crippen molar-refractivity contribution in [2.75, 3.05) is 24.6 Å². The van der Waals surface area contributed by atoms with Crippen LogP contribution in [0, 0.1) is 11.7 Å². The summed E-state index contributed by atoms with van der Waals surface area (Å²) in [4.78, 5) is 28.6. The average Bonchev–Trinajstić information content (AvgIpc) is 3.29. The highest BCUT2D eigenvalue weighted by atomic mass is 19.1. The number of benzene rings is 2. The molecule has 1 aliphatic carbocycles. The molecule has 0 spiro atoms. The molecule has 1 unspecified atom stereocenters. The number of alkyl carbamates (subject to hydrolysis) is 1. The molecule has 0 saturated heterocycles. The number of carbonyl (C=O) groups is 2. The van der Waals surface area contributed by atoms with Gasteiger partial charge in [-0.25, -0.2) is 9.18 Å². The molecule has 8 heteroatoms. The van der Waals surface area contributed by atoms with E-state index in [1.165, 1.54) is 12.5 Å². The van der Waals surface area contributed by atoms with Gasteiger partial charge in [0.05, 0.1) is 19.3 Å². The number of halogens is 1. The van der Waals surface area contributed by atoms with Crippen molar-refractivity contribution in [1.29, 1.82) is 0 Å². The lowest BCUT2D eigenvalue weighted by Gasteiger charge is -2.31.